The van der Waals surface area contributed by atoms with E-state index in [-0.39, 0.29) is 5.75 Å². The van der Waals surface area contributed by atoms with E-state index in [0.717, 1.165) is 23.6 Å². The molecule has 0 aliphatic heterocycles. The lowest BCUT2D eigenvalue weighted by molar-refractivity contribution is -0.648. The van der Waals surface area contributed by atoms with Gasteiger partial charge in [-0.3, -0.25) is 5.73 Å². The van der Waals surface area contributed by atoms with E-state index in [1.807, 2.05) is 4.57 Å². The van der Waals surface area contributed by atoms with Crippen LogP contribution in [0.5, 0.6) is 5.75 Å². The SMILES string of the molecule is CCSCC[n+]1c(N)sc2cc(OC(F)(F)F)ccc21. The van der Waals surface area contributed by atoms with Gasteiger partial charge in [-0.05, 0) is 29.2 Å². The van der Waals surface area contributed by atoms with E-state index in [1.54, 1.807) is 17.8 Å². The second-order valence-electron chi connectivity index (χ2n) is 3.97. The number of halogens is 3. The molecule has 8 heteroatoms. The minimum absolute atomic E-state index is 0.221. The number of hydrogen-bond donors (Lipinski definition) is 1. The van der Waals surface area contributed by atoms with Gasteiger partial charge >= 0.3 is 11.5 Å². The van der Waals surface area contributed by atoms with Gasteiger partial charge in [0.1, 0.15) is 17.8 Å². The fourth-order valence-corrected chi connectivity index (χ4v) is 3.40. The average Bonchev–Trinajstić information content (AvgIpc) is 2.63. The van der Waals surface area contributed by atoms with E-state index in [1.165, 1.54) is 23.5 Å². The third-order valence-electron chi connectivity index (χ3n) is 2.60. The Bertz CT molecular complexity index is 598. The molecule has 0 amide bonds. The molecule has 0 fully saturated rings. The van der Waals surface area contributed by atoms with Crippen molar-refractivity contribution in [2.24, 2.45) is 0 Å². The molecule has 0 bridgehead atoms. The molecule has 0 radical (unpaired) electrons. The van der Waals surface area contributed by atoms with Crippen molar-refractivity contribution in [3.63, 3.8) is 0 Å². The van der Waals surface area contributed by atoms with Crippen molar-refractivity contribution in [1.29, 1.82) is 0 Å². The van der Waals surface area contributed by atoms with E-state index >= 15 is 0 Å². The zero-order valence-electron chi connectivity index (χ0n) is 10.7. The second kappa shape index (κ2) is 6.09. The summed E-state index contributed by atoms with van der Waals surface area (Å²) in [5.74, 6) is 1.71. The van der Waals surface area contributed by atoms with Gasteiger partial charge in [0.05, 0.1) is 4.70 Å². The number of thiazole rings is 1. The third kappa shape index (κ3) is 3.69. The number of aromatic nitrogens is 1. The van der Waals surface area contributed by atoms with Gasteiger partial charge < -0.3 is 4.74 Å². The van der Waals surface area contributed by atoms with Crippen LogP contribution in [0.1, 0.15) is 6.92 Å². The standard InChI is InChI=1S/C12H13F3N2OS2/c1-2-19-6-5-17-9-4-3-8(18-12(13,14)15)7-10(9)20-11(17)16/h3-4,7,16H,2,5-6H2,1H3/p+1. The number of nitrogens with two attached hydrogens (primary N) is 1. The summed E-state index contributed by atoms with van der Waals surface area (Å²) in [4.78, 5) is 0. The quantitative estimate of drug-likeness (QED) is 0.677. The number of ether oxygens (including phenoxy) is 1. The van der Waals surface area contributed by atoms with E-state index in [9.17, 15) is 13.2 Å². The van der Waals surface area contributed by atoms with Gasteiger partial charge in [0.25, 0.3) is 0 Å². The summed E-state index contributed by atoms with van der Waals surface area (Å²) in [6.07, 6.45) is -4.68. The number of anilines is 1. The zero-order chi connectivity index (χ0) is 14.8. The van der Waals surface area contributed by atoms with Crippen LogP contribution in [-0.2, 0) is 6.54 Å². The number of aryl methyl sites for hydroxylation is 1. The molecule has 20 heavy (non-hydrogen) atoms. The molecule has 2 aromatic rings. The maximum atomic E-state index is 12.2. The van der Waals surface area contributed by atoms with Crippen molar-refractivity contribution >= 4 is 38.4 Å². The van der Waals surface area contributed by atoms with Crippen LogP contribution in [0.3, 0.4) is 0 Å². The minimum Gasteiger partial charge on any atom is -0.406 e. The molecule has 110 valence electrons. The van der Waals surface area contributed by atoms with Crippen LogP contribution in [0.15, 0.2) is 18.2 Å². The van der Waals surface area contributed by atoms with E-state index in [4.69, 9.17) is 5.73 Å². The van der Waals surface area contributed by atoms with Gasteiger partial charge in [-0.25, -0.2) is 4.57 Å². The van der Waals surface area contributed by atoms with Crippen molar-refractivity contribution in [2.45, 2.75) is 19.8 Å². The van der Waals surface area contributed by atoms with E-state index in [0.29, 0.717) is 9.83 Å². The Morgan fingerprint density at radius 3 is 2.80 bits per heavy atom. The lowest BCUT2D eigenvalue weighted by Crippen LogP contribution is -2.36. The van der Waals surface area contributed by atoms with Crippen LogP contribution in [0.25, 0.3) is 10.2 Å². The molecule has 1 aromatic heterocycles. The molecule has 3 nitrogen and oxygen atoms in total. The van der Waals surface area contributed by atoms with Crippen LogP contribution in [0.4, 0.5) is 18.3 Å². The predicted molar refractivity (Wildman–Crippen MR) is 76.1 cm³/mol. The first-order chi connectivity index (χ1) is 9.40. The van der Waals surface area contributed by atoms with Crippen molar-refractivity contribution in [3.8, 4) is 5.75 Å². The highest BCUT2D eigenvalue weighted by atomic mass is 32.2. The lowest BCUT2D eigenvalue weighted by atomic mass is 10.3. The Morgan fingerprint density at radius 1 is 1.40 bits per heavy atom. The van der Waals surface area contributed by atoms with Gasteiger partial charge in [-0.15, -0.1) is 13.2 Å². The van der Waals surface area contributed by atoms with Crippen LogP contribution in [-0.4, -0.2) is 17.9 Å². The molecule has 2 rings (SSSR count). The fourth-order valence-electron chi connectivity index (χ4n) is 1.81. The van der Waals surface area contributed by atoms with E-state index in [2.05, 4.69) is 11.7 Å². The molecule has 0 spiro atoms. The first-order valence-corrected chi connectivity index (χ1v) is 7.93. The molecule has 0 saturated heterocycles. The highest BCUT2D eigenvalue weighted by Gasteiger charge is 2.31. The first kappa shape index (κ1) is 15.2. The summed E-state index contributed by atoms with van der Waals surface area (Å²) >= 11 is 3.05. The summed E-state index contributed by atoms with van der Waals surface area (Å²) in [5.41, 5.74) is 6.75. The Labute approximate surface area is 122 Å². The largest absolute Gasteiger partial charge is 0.573 e. The Balaban J connectivity index is 2.27. The van der Waals surface area contributed by atoms with Gasteiger partial charge in [0, 0.05) is 11.8 Å². The zero-order valence-corrected chi connectivity index (χ0v) is 12.4. The van der Waals surface area contributed by atoms with Crippen molar-refractivity contribution in [1.82, 2.24) is 0 Å². The Morgan fingerprint density at radius 2 is 2.15 bits per heavy atom. The highest BCUT2D eigenvalue weighted by molar-refractivity contribution is 7.99. The van der Waals surface area contributed by atoms with Crippen molar-refractivity contribution in [2.75, 3.05) is 17.2 Å². The topological polar surface area (TPSA) is 39.1 Å². The molecule has 1 aromatic carbocycles. The number of thioether (sulfide) groups is 1. The third-order valence-corrected chi connectivity index (χ3v) is 4.46. The summed E-state index contributed by atoms with van der Waals surface area (Å²) < 4.78 is 43.1. The van der Waals surface area contributed by atoms with Crippen LogP contribution in [0.2, 0.25) is 0 Å². The number of hydrogen-bond acceptors (Lipinski definition) is 4. The maximum absolute atomic E-state index is 12.2. The van der Waals surface area contributed by atoms with Crippen molar-refractivity contribution in [3.05, 3.63) is 18.2 Å². The molecule has 0 aliphatic carbocycles. The average molecular weight is 323 g/mol. The summed E-state index contributed by atoms with van der Waals surface area (Å²) in [6, 6.07) is 4.29. The fraction of sp³-hybridized carbons (Fsp3) is 0.417. The number of fused-ring (bicyclic) bond motifs is 1. The number of alkyl halides is 3. The van der Waals surface area contributed by atoms with Gasteiger partial charge in [0.2, 0.25) is 0 Å². The Hall–Kier alpha value is -1.15. The first-order valence-electron chi connectivity index (χ1n) is 5.96. The smallest absolute Gasteiger partial charge is 0.406 e. The summed E-state index contributed by atoms with van der Waals surface area (Å²) in [7, 11) is 0. The van der Waals surface area contributed by atoms with Crippen LogP contribution in [0, 0.1) is 0 Å². The second-order valence-corrected chi connectivity index (χ2v) is 6.42. The van der Waals surface area contributed by atoms with Gasteiger partial charge in [-0.2, -0.15) is 11.8 Å². The number of benzene rings is 1. The molecule has 1 heterocycles. The van der Waals surface area contributed by atoms with Crippen LogP contribution >= 0.6 is 23.1 Å². The molecule has 0 unspecified atom stereocenters. The number of rotatable bonds is 5. The van der Waals surface area contributed by atoms with E-state index < -0.39 is 6.36 Å². The van der Waals surface area contributed by atoms with Crippen LogP contribution < -0.4 is 15.0 Å². The number of nitrogens with zero attached hydrogens (tertiary/aromatic N) is 1. The Kier molecular flexibility index (Phi) is 4.64. The molecule has 2 N–H and O–H groups in total. The monoisotopic (exact) mass is 323 g/mol. The maximum Gasteiger partial charge on any atom is 0.573 e. The molecular weight excluding hydrogens is 309 g/mol. The highest BCUT2D eigenvalue weighted by Crippen LogP contribution is 2.29. The van der Waals surface area contributed by atoms with Gasteiger partial charge in [0.15, 0.2) is 0 Å². The minimum atomic E-state index is -4.68. The predicted octanol–water partition coefficient (Wildman–Crippen LogP) is 3.42. The molecule has 0 aliphatic rings. The molecule has 0 saturated carbocycles. The summed E-state index contributed by atoms with van der Waals surface area (Å²) in [5, 5.41) is 0.584. The van der Waals surface area contributed by atoms with Gasteiger partial charge in [-0.1, -0.05) is 6.92 Å². The molecular formula is C12H14F3N2OS2+. The lowest BCUT2D eigenvalue weighted by Gasteiger charge is -2.08. The normalized spacial score (nSPS) is 12.0. The number of nitrogen functional groups attached to an aromatic ring is 1. The summed E-state index contributed by atoms with van der Waals surface area (Å²) in [6.45, 7) is 2.81. The molecule has 0 atom stereocenters. The van der Waals surface area contributed by atoms with Crippen molar-refractivity contribution < 1.29 is 22.5 Å².